The lowest BCUT2D eigenvalue weighted by atomic mass is 9.73. The smallest absolute Gasteiger partial charge is 0.0685 e. The van der Waals surface area contributed by atoms with E-state index < -0.39 is 0 Å². The second-order valence-electron chi connectivity index (χ2n) is 7.21. The summed E-state index contributed by atoms with van der Waals surface area (Å²) in [4.78, 5) is 0. The van der Waals surface area contributed by atoms with E-state index in [1.807, 2.05) is 0 Å². The van der Waals surface area contributed by atoms with Gasteiger partial charge in [-0.2, -0.15) is 0 Å². The molecule has 1 N–H and O–H groups in total. The maximum atomic E-state index is 6.23. The molecule has 0 radical (unpaired) electrons. The summed E-state index contributed by atoms with van der Waals surface area (Å²) in [6.07, 6.45) is 12.0. The Morgan fingerprint density at radius 3 is 2.53 bits per heavy atom. The molecular weight excluding hydrogens is 234 g/mol. The van der Waals surface area contributed by atoms with Crippen molar-refractivity contribution in [3.63, 3.8) is 0 Å². The first-order valence-corrected chi connectivity index (χ1v) is 8.46. The molecule has 1 saturated heterocycles. The van der Waals surface area contributed by atoms with Crippen LogP contribution in [0.2, 0.25) is 0 Å². The third-order valence-electron chi connectivity index (χ3n) is 5.29. The fourth-order valence-electron chi connectivity index (χ4n) is 4.08. The van der Waals surface area contributed by atoms with Gasteiger partial charge < -0.3 is 10.1 Å². The van der Waals surface area contributed by atoms with Gasteiger partial charge in [-0.3, -0.25) is 0 Å². The van der Waals surface area contributed by atoms with E-state index in [0.717, 1.165) is 18.4 Å². The van der Waals surface area contributed by atoms with Crippen molar-refractivity contribution in [1.82, 2.24) is 5.32 Å². The fourth-order valence-corrected chi connectivity index (χ4v) is 4.08. The van der Waals surface area contributed by atoms with E-state index in [9.17, 15) is 0 Å². The molecule has 1 spiro atoms. The first kappa shape index (κ1) is 15.3. The molecule has 1 aliphatic carbocycles. The van der Waals surface area contributed by atoms with Crippen molar-refractivity contribution in [2.75, 3.05) is 13.7 Å². The quantitative estimate of drug-likeness (QED) is 0.808. The molecule has 2 atom stereocenters. The van der Waals surface area contributed by atoms with Crippen LogP contribution < -0.4 is 5.32 Å². The zero-order valence-corrected chi connectivity index (χ0v) is 13.2. The summed E-state index contributed by atoms with van der Waals surface area (Å²) < 4.78 is 6.23. The van der Waals surface area contributed by atoms with E-state index in [0.29, 0.717) is 6.04 Å². The molecule has 0 amide bonds. The zero-order valence-electron chi connectivity index (χ0n) is 13.2. The summed E-state index contributed by atoms with van der Waals surface area (Å²) in [5.41, 5.74) is 0.258. The highest BCUT2D eigenvalue weighted by Gasteiger charge is 2.40. The van der Waals surface area contributed by atoms with E-state index in [1.54, 1.807) is 0 Å². The second kappa shape index (κ2) is 7.08. The Bertz CT molecular complexity index is 252. The number of nitrogens with one attached hydrogen (secondary N) is 1. The molecule has 1 aliphatic heterocycles. The number of ether oxygens (including phenoxy) is 1. The van der Waals surface area contributed by atoms with Crippen LogP contribution in [0.5, 0.6) is 0 Å². The predicted molar refractivity (Wildman–Crippen MR) is 81.4 cm³/mol. The second-order valence-corrected chi connectivity index (χ2v) is 7.21. The number of hydrogen-bond acceptors (Lipinski definition) is 2. The molecule has 0 aromatic carbocycles. The maximum absolute atomic E-state index is 6.23. The van der Waals surface area contributed by atoms with Gasteiger partial charge in [0.1, 0.15) is 0 Å². The van der Waals surface area contributed by atoms with Gasteiger partial charge in [0, 0.05) is 12.6 Å². The monoisotopic (exact) mass is 267 g/mol. The Balaban J connectivity index is 1.90. The van der Waals surface area contributed by atoms with Crippen LogP contribution in [0.3, 0.4) is 0 Å². The molecular formula is C17H33NO. The Morgan fingerprint density at radius 2 is 1.89 bits per heavy atom. The molecule has 0 bridgehead atoms. The van der Waals surface area contributed by atoms with E-state index in [-0.39, 0.29) is 5.60 Å². The first-order valence-electron chi connectivity index (χ1n) is 8.46. The lowest BCUT2D eigenvalue weighted by molar-refractivity contribution is -0.122. The molecule has 1 heterocycles. The summed E-state index contributed by atoms with van der Waals surface area (Å²) in [6, 6.07) is 0.699. The van der Waals surface area contributed by atoms with Crippen molar-refractivity contribution in [3.8, 4) is 0 Å². The molecule has 112 valence electrons. The third-order valence-corrected chi connectivity index (χ3v) is 5.29. The van der Waals surface area contributed by atoms with Gasteiger partial charge >= 0.3 is 0 Å². The zero-order chi connectivity index (χ0) is 13.7. The molecule has 2 aliphatic rings. The predicted octanol–water partition coefficient (Wildman–Crippen LogP) is 4.14. The summed E-state index contributed by atoms with van der Waals surface area (Å²) in [5.74, 6) is 1.65. The highest BCUT2D eigenvalue weighted by Crippen LogP contribution is 2.42. The standard InChI is InChI=1S/C17H33NO/c1-14(2)7-8-16(18-3)15-9-12-19-17(13-15)10-5-4-6-11-17/h14-16,18H,4-13H2,1-3H3. The Hall–Kier alpha value is -0.0800. The van der Waals surface area contributed by atoms with Crippen LogP contribution in [-0.2, 0) is 4.74 Å². The highest BCUT2D eigenvalue weighted by molar-refractivity contribution is 4.92. The SMILES string of the molecule is CNC(CCC(C)C)C1CCOC2(CCCCC2)C1. The van der Waals surface area contributed by atoms with Crippen molar-refractivity contribution < 1.29 is 4.74 Å². The van der Waals surface area contributed by atoms with Gasteiger partial charge in [0.2, 0.25) is 0 Å². The van der Waals surface area contributed by atoms with Gasteiger partial charge in [-0.15, -0.1) is 0 Å². The van der Waals surface area contributed by atoms with Crippen LogP contribution in [0.1, 0.15) is 71.6 Å². The molecule has 2 unspecified atom stereocenters. The van der Waals surface area contributed by atoms with Crippen LogP contribution >= 0.6 is 0 Å². The van der Waals surface area contributed by atoms with Crippen LogP contribution in [0.15, 0.2) is 0 Å². The molecule has 19 heavy (non-hydrogen) atoms. The molecule has 2 rings (SSSR count). The largest absolute Gasteiger partial charge is 0.375 e. The third kappa shape index (κ3) is 4.19. The van der Waals surface area contributed by atoms with Crippen molar-refractivity contribution in [2.45, 2.75) is 83.3 Å². The van der Waals surface area contributed by atoms with Crippen molar-refractivity contribution in [3.05, 3.63) is 0 Å². The van der Waals surface area contributed by atoms with E-state index in [2.05, 4.69) is 26.2 Å². The van der Waals surface area contributed by atoms with Crippen molar-refractivity contribution in [2.24, 2.45) is 11.8 Å². The molecule has 1 saturated carbocycles. The minimum absolute atomic E-state index is 0.258. The van der Waals surface area contributed by atoms with Crippen LogP contribution in [0.4, 0.5) is 0 Å². The van der Waals surface area contributed by atoms with E-state index in [1.165, 1.54) is 57.8 Å². The molecule has 2 nitrogen and oxygen atoms in total. The Kier molecular flexibility index (Phi) is 5.70. The number of hydrogen-bond donors (Lipinski definition) is 1. The van der Waals surface area contributed by atoms with Crippen molar-refractivity contribution in [1.29, 1.82) is 0 Å². The Morgan fingerprint density at radius 1 is 1.16 bits per heavy atom. The normalized spacial score (nSPS) is 28.7. The average molecular weight is 267 g/mol. The first-order chi connectivity index (χ1) is 9.15. The van der Waals surface area contributed by atoms with Gasteiger partial charge in [0.25, 0.3) is 0 Å². The molecule has 2 heteroatoms. The Labute approximate surface area is 119 Å². The number of rotatable bonds is 5. The van der Waals surface area contributed by atoms with Crippen LogP contribution in [0, 0.1) is 11.8 Å². The van der Waals surface area contributed by atoms with Crippen molar-refractivity contribution >= 4 is 0 Å². The van der Waals surface area contributed by atoms with Crippen LogP contribution in [-0.4, -0.2) is 25.3 Å². The molecule has 0 aromatic heterocycles. The molecule has 0 aromatic rings. The van der Waals surface area contributed by atoms with Gasteiger partial charge in [0.15, 0.2) is 0 Å². The van der Waals surface area contributed by atoms with E-state index in [4.69, 9.17) is 4.74 Å². The van der Waals surface area contributed by atoms with Gasteiger partial charge in [0.05, 0.1) is 5.60 Å². The summed E-state index contributed by atoms with van der Waals surface area (Å²) in [6.45, 7) is 5.66. The van der Waals surface area contributed by atoms with Crippen LogP contribution in [0.25, 0.3) is 0 Å². The molecule has 2 fully saturated rings. The maximum Gasteiger partial charge on any atom is 0.0685 e. The lowest BCUT2D eigenvalue weighted by Crippen LogP contribution is -2.47. The van der Waals surface area contributed by atoms with Gasteiger partial charge in [-0.1, -0.05) is 33.1 Å². The van der Waals surface area contributed by atoms with E-state index >= 15 is 0 Å². The summed E-state index contributed by atoms with van der Waals surface area (Å²) in [5, 5.41) is 3.59. The fraction of sp³-hybridized carbons (Fsp3) is 1.00. The highest BCUT2D eigenvalue weighted by atomic mass is 16.5. The minimum atomic E-state index is 0.258. The van der Waals surface area contributed by atoms with Gasteiger partial charge in [-0.25, -0.2) is 0 Å². The lowest BCUT2D eigenvalue weighted by Gasteiger charge is -2.45. The average Bonchev–Trinajstić information content (AvgIpc) is 2.40. The summed E-state index contributed by atoms with van der Waals surface area (Å²) >= 11 is 0. The minimum Gasteiger partial charge on any atom is -0.375 e. The summed E-state index contributed by atoms with van der Waals surface area (Å²) in [7, 11) is 2.15. The van der Waals surface area contributed by atoms with Gasteiger partial charge in [-0.05, 0) is 57.4 Å². The topological polar surface area (TPSA) is 21.3 Å².